The van der Waals surface area contributed by atoms with E-state index in [1.165, 1.54) is 98.0 Å². The highest BCUT2D eigenvalue weighted by atomic mass is 15.0. The Morgan fingerprint density at radius 3 is 0.719 bits per heavy atom. The van der Waals surface area contributed by atoms with Gasteiger partial charge >= 0.3 is 0 Å². The molecule has 0 N–H and O–H groups in total. The molecule has 128 heavy (non-hydrogen) atoms. The number of hydrogen-bond acceptors (Lipinski definition) is 2. The highest BCUT2D eigenvalue weighted by Crippen LogP contribution is 2.47. The van der Waals surface area contributed by atoms with Crippen molar-refractivity contribution in [2.75, 3.05) is 0 Å². The minimum absolute atomic E-state index is 0.645. The maximum atomic E-state index is 5.79. The summed E-state index contributed by atoms with van der Waals surface area (Å²) >= 11 is 0. The second-order valence-corrected chi connectivity index (χ2v) is 34.0. The summed E-state index contributed by atoms with van der Waals surface area (Å²) in [5.74, 6) is 0.645. The molecule has 0 aliphatic heterocycles. The molecule has 27 aromatic rings. The molecule has 8 heteroatoms. The Morgan fingerprint density at radius 2 is 0.391 bits per heavy atom. The van der Waals surface area contributed by atoms with Gasteiger partial charge < -0.3 is 27.4 Å². The van der Waals surface area contributed by atoms with Crippen LogP contribution in [0.1, 0.15) is 0 Å². The minimum Gasteiger partial charge on any atom is -0.309 e. The van der Waals surface area contributed by atoms with Crippen molar-refractivity contribution >= 4 is 153 Å². The molecule has 0 bridgehead atoms. The molecular weight excluding hydrogens is 1550 g/mol. The molecule has 0 spiro atoms. The first-order chi connectivity index (χ1) is 63.5. The minimum atomic E-state index is 0.645. The van der Waals surface area contributed by atoms with E-state index in [1.807, 2.05) is 0 Å². The average molecular weight is 1630 g/mol. The Morgan fingerprint density at radius 1 is 0.141 bits per heavy atom. The van der Waals surface area contributed by atoms with Gasteiger partial charge in [-0.2, -0.15) is 0 Å². The van der Waals surface area contributed by atoms with Crippen LogP contribution >= 0.6 is 0 Å². The zero-order valence-electron chi connectivity index (χ0n) is 69.3. The lowest BCUT2D eigenvalue weighted by Crippen LogP contribution is -1.99. The number of aromatic nitrogens is 8. The highest BCUT2D eigenvalue weighted by molar-refractivity contribution is 6.19. The molecule has 0 saturated heterocycles. The van der Waals surface area contributed by atoms with Crippen LogP contribution in [0.3, 0.4) is 0 Å². The van der Waals surface area contributed by atoms with E-state index in [9.17, 15) is 0 Å². The highest BCUT2D eigenvalue weighted by Gasteiger charge is 2.25. The van der Waals surface area contributed by atoms with Crippen LogP contribution in [0.15, 0.2) is 449 Å². The Balaban J connectivity index is 0.601. The van der Waals surface area contributed by atoms with Crippen LogP contribution in [0.2, 0.25) is 0 Å². The number of benzene rings is 20. The Labute approximate surface area is 735 Å². The molecule has 7 heterocycles. The summed E-state index contributed by atoms with van der Waals surface area (Å²) in [5, 5.41) is 17.6. The molecule has 0 atom stereocenters. The number of para-hydroxylation sites is 8. The van der Waals surface area contributed by atoms with Crippen LogP contribution < -0.4 is 0 Å². The SMILES string of the molecule is c1ccc(-n2c3ccccc3c3cc(-c4ccc5c(c4)c4cc(-c6ccc7c(c6)c6ccccc6n7-c6ccccc6)ccc4n5-c4ccc(-c5nc(-c6cccc(-n7c8ccc(-c9ccc%10c(c9)c9ccccc9n%10-c9ccccc9)cc8c8cc(-c9ccc%10c(c9)c9ccccc9n%10-c9ccccc9)ccc87)c6)c6c(ccc7ccccc76)n5)cc4)ccc32)cc1. The van der Waals surface area contributed by atoms with E-state index in [4.69, 9.17) is 9.97 Å². The molecule has 0 saturated carbocycles. The van der Waals surface area contributed by atoms with E-state index in [2.05, 4.69) is 476 Å². The maximum absolute atomic E-state index is 5.79. The average Bonchev–Trinajstić information content (AvgIpc) is 1.66. The summed E-state index contributed by atoms with van der Waals surface area (Å²) in [5.41, 5.74) is 33.3. The van der Waals surface area contributed by atoms with Crippen LogP contribution in [-0.2, 0) is 0 Å². The Kier molecular flexibility index (Phi) is 15.7. The van der Waals surface area contributed by atoms with Gasteiger partial charge in [-0.15, -0.1) is 0 Å². The first kappa shape index (κ1) is 71.4. The fourth-order valence-electron chi connectivity index (χ4n) is 21.1. The van der Waals surface area contributed by atoms with Crippen LogP contribution in [0.5, 0.6) is 0 Å². The molecule has 0 fully saturated rings. The summed E-state index contributed by atoms with van der Waals surface area (Å²) in [6, 6.07) is 165. The van der Waals surface area contributed by atoms with Crippen molar-refractivity contribution in [2.45, 2.75) is 0 Å². The molecule has 20 aromatic carbocycles. The summed E-state index contributed by atoms with van der Waals surface area (Å²) in [6.07, 6.45) is 0. The van der Waals surface area contributed by atoms with Gasteiger partial charge in [-0.25, -0.2) is 9.97 Å². The monoisotopic (exact) mass is 1630 g/mol. The molecule has 0 unspecified atom stereocenters. The van der Waals surface area contributed by atoms with E-state index in [1.54, 1.807) is 0 Å². The predicted molar refractivity (Wildman–Crippen MR) is 536 cm³/mol. The standard InChI is InChI=1S/C120H74N8/c1-5-26-86(27-6-1)123-106-40-19-15-36-93(106)97-67-77(47-58-110(97)123)81-51-62-114-101(71-81)102-72-82(78-48-59-111-98(68-78)94-37-16-20-41-107(94)124(111)87-28-7-2-8-29-87)52-63-115(102)127(114)90-55-44-76(45-56-90)120-121-105-57-46-75-24-13-14-35-92(75)118(105)119(122-120)85-25-23-34-91(66-85)128-116-64-53-83(79-49-60-112-99(69-79)95-38-17-21-42-108(95)125(112)88-30-9-3-10-31-88)73-103(116)104-74-84(54-65-117(104)128)80-50-61-113-100(70-80)96-39-18-22-43-109(96)126(113)89-32-11-4-12-33-89/h1-74H. The third-order valence-corrected chi connectivity index (χ3v) is 27.0. The van der Waals surface area contributed by atoms with Gasteiger partial charge in [0.15, 0.2) is 5.82 Å². The first-order valence-corrected chi connectivity index (χ1v) is 43.9. The smallest absolute Gasteiger partial charge is 0.160 e. The van der Waals surface area contributed by atoms with Gasteiger partial charge in [0.05, 0.1) is 77.4 Å². The normalized spacial score (nSPS) is 12.1. The van der Waals surface area contributed by atoms with Crippen LogP contribution in [0, 0.1) is 0 Å². The zero-order chi connectivity index (χ0) is 83.8. The quantitative estimate of drug-likeness (QED) is 0.114. The lowest BCUT2D eigenvalue weighted by atomic mass is 9.98. The van der Waals surface area contributed by atoms with Gasteiger partial charge in [0.1, 0.15) is 0 Å². The molecule has 8 nitrogen and oxygen atoms in total. The lowest BCUT2D eigenvalue weighted by molar-refractivity contribution is 1.17. The van der Waals surface area contributed by atoms with Gasteiger partial charge in [-0.1, -0.05) is 237 Å². The summed E-state index contributed by atoms with van der Waals surface area (Å²) in [4.78, 5) is 11.3. The van der Waals surface area contributed by atoms with E-state index in [0.29, 0.717) is 5.82 Å². The summed E-state index contributed by atoms with van der Waals surface area (Å²) in [7, 11) is 0. The molecular formula is C120H74N8. The van der Waals surface area contributed by atoms with Crippen LogP contribution in [0.25, 0.3) is 254 Å². The van der Waals surface area contributed by atoms with Crippen molar-refractivity contribution in [1.82, 2.24) is 37.4 Å². The largest absolute Gasteiger partial charge is 0.309 e. The lowest BCUT2D eigenvalue weighted by Gasteiger charge is -2.15. The number of hydrogen-bond donors (Lipinski definition) is 0. The van der Waals surface area contributed by atoms with E-state index in [0.717, 1.165) is 150 Å². The summed E-state index contributed by atoms with van der Waals surface area (Å²) in [6.45, 7) is 0. The second kappa shape index (κ2) is 28.2. The third kappa shape index (κ3) is 11.0. The molecule has 0 aliphatic rings. The number of rotatable bonds is 12. The van der Waals surface area contributed by atoms with Crippen LogP contribution in [0.4, 0.5) is 0 Å². The van der Waals surface area contributed by atoms with E-state index < -0.39 is 0 Å². The number of nitrogens with zero attached hydrogens (tertiary/aromatic N) is 8. The van der Waals surface area contributed by atoms with E-state index >= 15 is 0 Å². The van der Waals surface area contributed by atoms with Gasteiger partial charge in [-0.05, 0) is 268 Å². The zero-order valence-corrected chi connectivity index (χ0v) is 69.3. The van der Waals surface area contributed by atoms with Crippen LogP contribution in [-0.4, -0.2) is 37.4 Å². The second-order valence-electron chi connectivity index (χ2n) is 34.0. The summed E-state index contributed by atoms with van der Waals surface area (Å²) < 4.78 is 14.5. The fraction of sp³-hybridized carbons (Fsp3) is 0. The van der Waals surface area contributed by atoms with Crippen molar-refractivity contribution in [3.05, 3.63) is 449 Å². The van der Waals surface area contributed by atoms with Crippen molar-refractivity contribution < 1.29 is 0 Å². The Hall–Kier alpha value is -17.2. The molecule has 0 amide bonds. The van der Waals surface area contributed by atoms with Crippen molar-refractivity contribution in [3.63, 3.8) is 0 Å². The van der Waals surface area contributed by atoms with Gasteiger partial charge in [0, 0.05) is 115 Å². The van der Waals surface area contributed by atoms with Gasteiger partial charge in [0.25, 0.3) is 0 Å². The van der Waals surface area contributed by atoms with Gasteiger partial charge in [-0.3, -0.25) is 0 Å². The molecule has 594 valence electrons. The Bertz CT molecular complexity index is 8880. The third-order valence-electron chi connectivity index (χ3n) is 27.0. The number of fused-ring (bicyclic) bond motifs is 21. The van der Waals surface area contributed by atoms with Crippen molar-refractivity contribution in [1.29, 1.82) is 0 Å². The topological polar surface area (TPSA) is 55.4 Å². The molecule has 0 aliphatic carbocycles. The first-order valence-electron chi connectivity index (χ1n) is 43.9. The molecule has 7 aromatic heterocycles. The predicted octanol–water partition coefficient (Wildman–Crippen LogP) is 31.4. The maximum Gasteiger partial charge on any atom is 0.160 e. The molecule has 0 radical (unpaired) electrons. The van der Waals surface area contributed by atoms with E-state index in [-0.39, 0.29) is 0 Å². The van der Waals surface area contributed by atoms with Crippen molar-refractivity contribution in [2.24, 2.45) is 0 Å². The van der Waals surface area contributed by atoms with Crippen molar-refractivity contribution in [3.8, 4) is 101 Å². The fourth-order valence-corrected chi connectivity index (χ4v) is 21.1. The van der Waals surface area contributed by atoms with Gasteiger partial charge in [0.2, 0.25) is 0 Å². The molecule has 27 rings (SSSR count).